The van der Waals surface area contributed by atoms with Crippen LogP contribution in [0.5, 0.6) is 0 Å². The maximum atomic E-state index is 9.58. The van der Waals surface area contributed by atoms with Crippen LogP contribution in [0.25, 0.3) is 0 Å². The topological polar surface area (TPSA) is 56.6 Å². The van der Waals surface area contributed by atoms with Crippen LogP contribution in [0.1, 0.15) is 38.4 Å². The first kappa shape index (κ1) is 13.3. The van der Waals surface area contributed by atoms with Gasteiger partial charge in [0, 0.05) is 19.3 Å². The number of hydrogen-bond acceptors (Lipinski definition) is 4. The highest BCUT2D eigenvalue weighted by atomic mass is 16.3. The molecule has 2 heterocycles. The largest absolute Gasteiger partial charge is 0.393 e. The molecule has 0 radical (unpaired) electrons. The highest BCUT2D eigenvalue weighted by Crippen LogP contribution is 2.25. The second kappa shape index (κ2) is 5.67. The highest BCUT2D eigenvalue weighted by Gasteiger charge is 2.23. The lowest BCUT2D eigenvalue weighted by molar-refractivity contribution is 0.110. The van der Waals surface area contributed by atoms with Crippen LogP contribution < -0.4 is 4.90 Å². The van der Waals surface area contributed by atoms with Crippen molar-refractivity contribution in [2.45, 2.75) is 38.9 Å². The lowest BCUT2D eigenvalue weighted by Gasteiger charge is -2.34. The summed E-state index contributed by atoms with van der Waals surface area (Å²) in [7, 11) is 0. The second-order valence-electron chi connectivity index (χ2n) is 5.19. The molecule has 2 atom stereocenters. The fraction of sp³-hybridized carbons (Fsp3) is 0.643. The second-order valence-corrected chi connectivity index (χ2v) is 5.19. The van der Waals surface area contributed by atoms with Gasteiger partial charge in [0.2, 0.25) is 0 Å². The van der Waals surface area contributed by atoms with Gasteiger partial charge in [0.25, 0.3) is 0 Å². The van der Waals surface area contributed by atoms with Crippen molar-refractivity contribution in [1.82, 2.24) is 4.98 Å². The van der Waals surface area contributed by atoms with Crippen LogP contribution in [0, 0.1) is 5.92 Å². The van der Waals surface area contributed by atoms with Crippen LogP contribution >= 0.6 is 0 Å². The lowest BCUT2D eigenvalue weighted by Crippen LogP contribution is -2.37. The minimum absolute atomic E-state index is 0.219. The fourth-order valence-electron chi connectivity index (χ4n) is 2.48. The molecule has 1 unspecified atom stereocenters. The molecule has 0 aromatic carbocycles. The predicted octanol–water partition coefficient (Wildman–Crippen LogP) is 1.73. The number of hydrogen-bond donors (Lipinski definition) is 2. The molecule has 0 spiro atoms. The minimum Gasteiger partial charge on any atom is -0.393 e. The molecule has 0 saturated carbocycles. The summed E-state index contributed by atoms with van der Waals surface area (Å²) >= 11 is 0. The molecule has 4 nitrogen and oxygen atoms in total. The summed E-state index contributed by atoms with van der Waals surface area (Å²) in [6, 6.07) is 3.80. The van der Waals surface area contributed by atoms with Crippen molar-refractivity contribution < 1.29 is 10.2 Å². The van der Waals surface area contributed by atoms with Crippen molar-refractivity contribution in [3.8, 4) is 0 Å². The van der Waals surface area contributed by atoms with E-state index in [4.69, 9.17) is 0 Å². The van der Waals surface area contributed by atoms with E-state index in [9.17, 15) is 10.2 Å². The van der Waals surface area contributed by atoms with Crippen molar-refractivity contribution in [2.75, 3.05) is 18.0 Å². The Kier molecular flexibility index (Phi) is 4.19. The number of piperidine rings is 1. The van der Waals surface area contributed by atoms with Gasteiger partial charge >= 0.3 is 0 Å². The Morgan fingerprint density at radius 1 is 1.28 bits per heavy atom. The van der Waals surface area contributed by atoms with Gasteiger partial charge in [-0.25, -0.2) is 4.98 Å². The van der Waals surface area contributed by atoms with Crippen molar-refractivity contribution >= 4 is 5.82 Å². The number of nitrogens with zero attached hydrogens (tertiary/aromatic N) is 2. The summed E-state index contributed by atoms with van der Waals surface area (Å²) in [5.74, 6) is 1.33. The van der Waals surface area contributed by atoms with Gasteiger partial charge in [-0.3, -0.25) is 0 Å². The summed E-state index contributed by atoms with van der Waals surface area (Å²) in [6.07, 6.45) is 3.07. The summed E-state index contributed by atoms with van der Waals surface area (Å²) in [6.45, 7) is 5.48. The zero-order valence-electron chi connectivity index (χ0n) is 11.1. The number of aliphatic hydroxyl groups is 2. The molecular weight excluding hydrogens is 228 g/mol. The van der Waals surface area contributed by atoms with E-state index in [1.54, 1.807) is 13.1 Å². The Hall–Kier alpha value is -1.13. The predicted molar refractivity (Wildman–Crippen MR) is 71.5 cm³/mol. The monoisotopic (exact) mass is 250 g/mol. The first-order valence-electron chi connectivity index (χ1n) is 6.65. The molecule has 1 saturated heterocycles. The van der Waals surface area contributed by atoms with E-state index in [2.05, 4.69) is 9.88 Å². The summed E-state index contributed by atoms with van der Waals surface area (Å²) in [5.41, 5.74) is 0.901. The standard InChI is InChI=1S/C14H22N2O2/c1-10(17)12-4-7-16(8-5-12)14-9-13(11(2)18)3-6-15-14/h3,6,9-12,17-18H,4-5,7-8H2,1-2H3/t10?,11-/m0/s1. The smallest absolute Gasteiger partial charge is 0.128 e. The third kappa shape index (κ3) is 3.00. The molecule has 100 valence electrons. The van der Waals surface area contributed by atoms with Gasteiger partial charge in [0.15, 0.2) is 0 Å². The van der Waals surface area contributed by atoms with Crippen molar-refractivity contribution in [1.29, 1.82) is 0 Å². The maximum absolute atomic E-state index is 9.58. The van der Waals surface area contributed by atoms with Gasteiger partial charge in [-0.1, -0.05) is 0 Å². The molecule has 4 heteroatoms. The molecule has 1 aromatic heterocycles. The third-order valence-corrected chi connectivity index (χ3v) is 3.80. The zero-order chi connectivity index (χ0) is 13.1. The van der Waals surface area contributed by atoms with Crippen LogP contribution in [0.15, 0.2) is 18.3 Å². The molecular formula is C14H22N2O2. The van der Waals surface area contributed by atoms with Crippen LogP contribution in [-0.4, -0.2) is 34.4 Å². The number of aliphatic hydroxyl groups excluding tert-OH is 2. The molecule has 0 amide bonds. The van der Waals surface area contributed by atoms with Gasteiger partial charge in [-0.05, 0) is 50.3 Å². The Balaban J connectivity index is 2.03. The van der Waals surface area contributed by atoms with Gasteiger partial charge in [0.1, 0.15) is 5.82 Å². The molecule has 2 rings (SSSR count). The van der Waals surface area contributed by atoms with Crippen LogP contribution in [0.4, 0.5) is 5.82 Å². The number of aromatic nitrogens is 1. The fourth-order valence-corrected chi connectivity index (χ4v) is 2.48. The molecule has 1 aliphatic rings. The normalized spacial score (nSPS) is 20.8. The van der Waals surface area contributed by atoms with Crippen molar-refractivity contribution in [3.63, 3.8) is 0 Å². The quantitative estimate of drug-likeness (QED) is 0.858. The Bertz CT molecular complexity index is 385. The summed E-state index contributed by atoms with van der Waals surface area (Å²) in [4.78, 5) is 6.59. The molecule has 18 heavy (non-hydrogen) atoms. The number of pyridine rings is 1. The van der Waals surface area contributed by atoms with Crippen LogP contribution in [0.3, 0.4) is 0 Å². The van der Waals surface area contributed by atoms with E-state index in [0.717, 1.165) is 37.3 Å². The van der Waals surface area contributed by atoms with Gasteiger partial charge < -0.3 is 15.1 Å². The average molecular weight is 250 g/mol. The van der Waals surface area contributed by atoms with Crippen LogP contribution in [0.2, 0.25) is 0 Å². The van der Waals surface area contributed by atoms with E-state index in [0.29, 0.717) is 5.92 Å². The van der Waals surface area contributed by atoms with Crippen LogP contribution in [-0.2, 0) is 0 Å². The Morgan fingerprint density at radius 3 is 2.50 bits per heavy atom. The number of rotatable bonds is 3. The third-order valence-electron chi connectivity index (χ3n) is 3.80. The van der Waals surface area contributed by atoms with E-state index in [-0.39, 0.29) is 6.10 Å². The van der Waals surface area contributed by atoms with Gasteiger partial charge in [-0.15, -0.1) is 0 Å². The van der Waals surface area contributed by atoms with Gasteiger partial charge in [-0.2, -0.15) is 0 Å². The van der Waals surface area contributed by atoms with E-state index in [1.807, 2.05) is 19.1 Å². The van der Waals surface area contributed by atoms with Crippen molar-refractivity contribution in [3.05, 3.63) is 23.9 Å². The van der Waals surface area contributed by atoms with Crippen molar-refractivity contribution in [2.24, 2.45) is 5.92 Å². The molecule has 2 N–H and O–H groups in total. The SMILES string of the molecule is CC(O)C1CCN(c2cc([C@H](C)O)ccn2)CC1. The first-order valence-corrected chi connectivity index (χ1v) is 6.65. The average Bonchev–Trinajstić information content (AvgIpc) is 2.39. The lowest BCUT2D eigenvalue weighted by atomic mass is 9.92. The molecule has 1 fully saturated rings. The summed E-state index contributed by atoms with van der Waals surface area (Å²) < 4.78 is 0. The minimum atomic E-state index is -0.457. The molecule has 0 bridgehead atoms. The maximum Gasteiger partial charge on any atom is 0.128 e. The van der Waals surface area contributed by atoms with E-state index < -0.39 is 6.10 Å². The first-order chi connectivity index (χ1) is 8.58. The molecule has 1 aliphatic heterocycles. The van der Waals surface area contributed by atoms with E-state index in [1.165, 1.54) is 0 Å². The highest BCUT2D eigenvalue weighted by molar-refractivity contribution is 5.41. The van der Waals surface area contributed by atoms with E-state index >= 15 is 0 Å². The zero-order valence-corrected chi connectivity index (χ0v) is 11.1. The Morgan fingerprint density at radius 2 is 1.94 bits per heavy atom. The Labute approximate surface area is 108 Å². The molecule has 1 aromatic rings. The number of anilines is 1. The molecule has 0 aliphatic carbocycles. The summed E-state index contributed by atoms with van der Waals surface area (Å²) in [5, 5.41) is 19.2. The van der Waals surface area contributed by atoms with Gasteiger partial charge in [0.05, 0.1) is 12.2 Å².